The van der Waals surface area contributed by atoms with Crippen LogP contribution in [0.5, 0.6) is 0 Å². The summed E-state index contributed by atoms with van der Waals surface area (Å²) in [6.07, 6.45) is 3.57. The molecule has 0 aliphatic rings. The minimum absolute atomic E-state index is 0.162. The zero-order valence-electron chi connectivity index (χ0n) is 16.2. The van der Waals surface area contributed by atoms with Crippen molar-refractivity contribution in [2.75, 3.05) is 33.8 Å². The van der Waals surface area contributed by atoms with Crippen LogP contribution in [0, 0.1) is 0 Å². The Morgan fingerprint density at radius 3 is 2.08 bits per heavy atom. The Morgan fingerprint density at radius 1 is 0.920 bits per heavy atom. The van der Waals surface area contributed by atoms with Gasteiger partial charge in [0.05, 0.1) is 7.11 Å². The molecule has 0 unspecified atom stereocenters. The van der Waals surface area contributed by atoms with Crippen molar-refractivity contribution in [3.63, 3.8) is 0 Å². The standard InChI is InChI=1S/C17H34N4O4/c1-17(2,3)25-16(23)21-13-9-12-20-15(18-4)19-11-8-6-7-10-14(22)24-5/h6-13H2,1-5H3,(H,21,23)(H2,18,19,20). The zero-order valence-corrected chi connectivity index (χ0v) is 16.2. The topological polar surface area (TPSA) is 101 Å². The number of rotatable bonds is 10. The summed E-state index contributed by atoms with van der Waals surface area (Å²) in [7, 11) is 3.12. The molecule has 146 valence electrons. The van der Waals surface area contributed by atoms with E-state index in [1.165, 1.54) is 7.11 Å². The first kappa shape index (κ1) is 23.0. The molecular weight excluding hydrogens is 324 g/mol. The van der Waals surface area contributed by atoms with E-state index in [2.05, 4.69) is 25.7 Å². The zero-order chi connectivity index (χ0) is 19.1. The van der Waals surface area contributed by atoms with E-state index in [9.17, 15) is 9.59 Å². The number of guanidine groups is 1. The highest BCUT2D eigenvalue weighted by Gasteiger charge is 2.15. The predicted octanol–water partition coefficient (Wildman–Crippen LogP) is 1.80. The Labute approximate surface area is 151 Å². The largest absolute Gasteiger partial charge is 0.469 e. The van der Waals surface area contributed by atoms with Crippen LogP contribution >= 0.6 is 0 Å². The van der Waals surface area contributed by atoms with Crippen LogP contribution in [-0.4, -0.2) is 57.4 Å². The molecule has 1 amide bonds. The van der Waals surface area contributed by atoms with Gasteiger partial charge in [0.15, 0.2) is 5.96 Å². The molecule has 8 heteroatoms. The average Bonchev–Trinajstić information content (AvgIpc) is 2.53. The van der Waals surface area contributed by atoms with Crippen LogP contribution in [0.25, 0.3) is 0 Å². The van der Waals surface area contributed by atoms with Crippen molar-refractivity contribution in [3.8, 4) is 0 Å². The van der Waals surface area contributed by atoms with E-state index in [4.69, 9.17) is 4.74 Å². The van der Waals surface area contributed by atoms with Crippen molar-refractivity contribution in [1.29, 1.82) is 0 Å². The van der Waals surface area contributed by atoms with Crippen LogP contribution in [0.4, 0.5) is 4.79 Å². The first-order valence-corrected chi connectivity index (χ1v) is 8.76. The normalized spacial score (nSPS) is 11.6. The van der Waals surface area contributed by atoms with Crippen molar-refractivity contribution in [2.45, 2.75) is 58.5 Å². The summed E-state index contributed by atoms with van der Waals surface area (Å²) in [5.41, 5.74) is -0.481. The van der Waals surface area contributed by atoms with Gasteiger partial charge in [-0.15, -0.1) is 0 Å². The maximum absolute atomic E-state index is 11.5. The second kappa shape index (κ2) is 13.3. The number of methoxy groups -OCH3 is 1. The summed E-state index contributed by atoms with van der Waals surface area (Å²) in [5, 5.41) is 9.11. The monoisotopic (exact) mass is 358 g/mol. The molecule has 0 aromatic carbocycles. The van der Waals surface area contributed by atoms with Gasteiger partial charge in [0.25, 0.3) is 0 Å². The lowest BCUT2D eigenvalue weighted by Crippen LogP contribution is -2.39. The molecule has 0 fully saturated rings. The van der Waals surface area contributed by atoms with Gasteiger partial charge in [-0.1, -0.05) is 6.42 Å². The van der Waals surface area contributed by atoms with E-state index in [1.54, 1.807) is 7.05 Å². The fourth-order valence-electron chi connectivity index (χ4n) is 1.90. The Hall–Kier alpha value is -1.99. The third-order valence-corrected chi connectivity index (χ3v) is 3.12. The molecule has 0 aliphatic heterocycles. The highest BCUT2D eigenvalue weighted by Crippen LogP contribution is 2.06. The summed E-state index contributed by atoms with van der Waals surface area (Å²) in [6, 6.07) is 0. The van der Waals surface area contributed by atoms with Crippen molar-refractivity contribution in [2.24, 2.45) is 4.99 Å². The van der Waals surface area contributed by atoms with E-state index in [-0.39, 0.29) is 5.97 Å². The van der Waals surface area contributed by atoms with E-state index in [1.807, 2.05) is 20.8 Å². The van der Waals surface area contributed by atoms with Gasteiger partial charge in [0.2, 0.25) is 0 Å². The number of carbonyl (C=O) groups excluding carboxylic acids is 2. The fraction of sp³-hybridized carbons (Fsp3) is 0.824. The van der Waals surface area contributed by atoms with Gasteiger partial charge in [-0.2, -0.15) is 0 Å². The van der Waals surface area contributed by atoms with Crippen molar-refractivity contribution in [1.82, 2.24) is 16.0 Å². The van der Waals surface area contributed by atoms with Gasteiger partial charge in [0, 0.05) is 33.1 Å². The van der Waals surface area contributed by atoms with Gasteiger partial charge >= 0.3 is 12.1 Å². The average molecular weight is 358 g/mol. The lowest BCUT2D eigenvalue weighted by molar-refractivity contribution is -0.140. The Kier molecular flexibility index (Phi) is 12.3. The van der Waals surface area contributed by atoms with Crippen molar-refractivity contribution < 1.29 is 19.1 Å². The SMILES string of the molecule is CN=C(NCCCCCC(=O)OC)NCCCNC(=O)OC(C)(C)C. The summed E-state index contributed by atoms with van der Waals surface area (Å²) < 4.78 is 9.76. The lowest BCUT2D eigenvalue weighted by Gasteiger charge is -2.19. The highest BCUT2D eigenvalue weighted by atomic mass is 16.6. The van der Waals surface area contributed by atoms with E-state index in [0.29, 0.717) is 19.5 Å². The molecule has 0 spiro atoms. The van der Waals surface area contributed by atoms with Crippen LogP contribution in [0.3, 0.4) is 0 Å². The van der Waals surface area contributed by atoms with Crippen LogP contribution < -0.4 is 16.0 Å². The number of esters is 1. The molecule has 25 heavy (non-hydrogen) atoms. The van der Waals surface area contributed by atoms with Crippen molar-refractivity contribution >= 4 is 18.0 Å². The number of alkyl carbamates (subject to hydrolysis) is 1. The number of ether oxygens (including phenoxy) is 2. The number of unbranched alkanes of at least 4 members (excludes halogenated alkanes) is 2. The van der Waals surface area contributed by atoms with Gasteiger partial charge < -0.3 is 25.4 Å². The number of hydrogen-bond acceptors (Lipinski definition) is 5. The summed E-state index contributed by atoms with van der Waals surface area (Å²) in [5.74, 6) is 0.565. The van der Waals surface area contributed by atoms with Crippen LogP contribution in [0.15, 0.2) is 4.99 Å². The second-order valence-electron chi connectivity index (χ2n) is 6.59. The van der Waals surface area contributed by atoms with Crippen LogP contribution in [0.2, 0.25) is 0 Å². The maximum Gasteiger partial charge on any atom is 0.407 e. The van der Waals surface area contributed by atoms with Gasteiger partial charge in [0.1, 0.15) is 5.60 Å². The third kappa shape index (κ3) is 15.3. The Balaban J connectivity index is 3.63. The Morgan fingerprint density at radius 2 is 1.52 bits per heavy atom. The Bertz CT molecular complexity index is 419. The molecule has 8 nitrogen and oxygen atoms in total. The number of nitrogens with one attached hydrogen (secondary N) is 3. The second-order valence-corrected chi connectivity index (χ2v) is 6.59. The third-order valence-electron chi connectivity index (χ3n) is 3.12. The first-order valence-electron chi connectivity index (χ1n) is 8.76. The van der Waals surface area contributed by atoms with E-state index in [0.717, 1.165) is 38.2 Å². The molecule has 0 bridgehead atoms. The van der Waals surface area contributed by atoms with Crippen LogP contribution in [-0.2, 0) is 14.3 Å². The molecule has 0 saturated carbocycles. The van der Waals surface area contributed by atoms with Gasteiger partial charge in [-0.3, -0.25) is 9.79 Å². The number of amides is 1. The van der Waals surface area contributed by atoms with Crippen LogP contribution in [0.1, 0.15) is 52.9 Å². The number of aliphatic imine (C=N–C) groups is 1. The fourth-order valence-corrected chi connectivity index (χ4v) is 1.90. The minimum Gasteiger partial charge on any atom is -0.469 e. The maximum atomic E-state index is 11.5. The summed E-state index contributed by atoms with van der Waals surface area (Å²) in [4.78, 5) is 26.6. The molecule has 0 heterocycles. The number of carbonyl (C=O) groups is 2. The molecule has 0 saturated heterocycles. The molecule has 0 aromatic rings. The summed E-state index contributed by atoms with van der Waals surface area (Å²) >= 11 is 0. The molecule has 0 rings (SSSR count). The van der Waals surface area contributed by atoms with E-state index >= 15 is 0 Å². The quantitative estimate of drug-likeness (QED) is 0.238. The molecule has 0 radical (unpaired) electrons. The van der Waals surface area contributed by atoms with Crippen molar-refractivity contribution in [3.05, 3.63) is 0 Å². The number of hydrogen-bond donors (Lipinski definition) is 3. The smallest absolute Gasteiger partial charge is 0.407 e. The molecule has 3 N–H and O–H groups in total. The molecule has 0 aliphatic carbocycles. The molecule has 0 atom stereocenters. The number of nitrogens with zero attached hydrogens (tertiary/aromatic N) is 1. The molecular formula is C17H34N4O4. The minimum atomic E-state index is -0.481. The first-order chi connectivity index (χ1) is 11.8. The predicted molar refractivity (Wildman–Crippen MR) is 98.7 cm³/mol. The highest BCUT2D eigenvalue weighted by molar-refractivity contribution is 5.79. The van der Waals surface area contributed by atoms with Gasteiger partial charge in [-0.05, 0) is 40.0 Å². The van der Waals surface area contributed by atoms with Gasteiger partial charge in [-0.25, -0.2) is 4.79 Å². The van der Waals surface area contributed by atoms with E-state index < -0.39 is 11.7 Å². The lowest BCUT2D eigenvalue weighted by atomic mass is 10.2. The molecule has 0 aromatic heterocycles. The summed E-state index contributed by atoms with van der Waals surface area (Å²) in [6.45, 7) is 7.51.